The van der Waals surface area contributed by atoms with Crippen LogP contribution in [0.15, 0.2) is 41.0 Å². The molecule has 0 aliphatic rings. The summed E-state index contributed by atoms with van der Waals surface area (Å²) in [4.78, 5) is 16.4. The Balaban J connectivity index is 1.90. The lowest BCUT2D eigenvalue weighted by Crippen LogP contribution is -2.28. The van der Waals surface area contributed by atoms with Gasteiger partial charge in [-0.3, -0.25) is 4.79 Å². The molecule has 5 heteroatoms. The molecule has 2 aromatic rings. The van der Waals surface area contributed by atoms with Gasteiger partial charge in [0.1, 0.15) is 6.26 Å². The third-order valence-corrected chi connectivity index (χ3v) is 3.73. The molecular weight excluding hydrogens is 290 g/mol. The second kappa shape index (κ2) is 7.92. The van der Waals surface area contributed by atoms with Gasteiger partial charge in [0.05, 0.1) is 6.04 Å². The molecule has 1 aromatic heterocycles. The molecular formula is C18H25N3O2. The Morgan fingerprint density at radius 1 is 1.26 bits per heavy atom. The number of nitrogens with zero attached hydrogens (tertiary/aromatic N) is 1. The monoisotopic (exact) mass is 315 g/mol. The van der Waals surface area contributed by atoms with Crippen molar-refractivity contribution in [1.82, 2.24) is 10.3 Å². The molecule has 5 nitrogen and oxygen atoms in total. The number of nitrogens with one attached hydrogen (secondary N) is 1. The number of carbonyl (C=O) groups is 1. The summed E-state index contributed by atoms with van der Waals surface area (Å²) in [5, 5.41) is 2.89. The van der Waals surface area contributed by atoms with Crippen LogP contribution in [0.4, 0.5) is 0 Å². The van der Waals surface area contributed by atoms with Gasteiger partial charge in [0.2, 0.25) is 5.89 Å². The van der Waals surface area contributed by atoms with Crippen LogP contribution in [0.25, 0.3) is 0 Å². The van der Waals surface area contributed by atoms with E-state index >= 15 is 0 Å². The second-order valence-corrected chi connectivity index (χ2v) is 6.33. The quantitative estimate of drug-likeness (QED) is 0.821. The Hall–Kier alpha value is -2.14. The summed E-state index contributed by atoms with van der Waals surface area (Å²) < 4.78 is 5.34. The molecule has 0 saturated carbocycles. The standard InChI is InChI=1S/C18H25N3O2/c1-12(2)9-15(19)18-21-16(11-23-18)17(22)20-10-13(3)14-7-5-4-6-8-14/h4-8,11-13,15H,9-10,19H2,1-3H3,(H,20,22). The van der Waals surface area contributed by atoms with Crippen LogP contribution < -0.4 is 11.1 Å². The van der Waals surface area contributed by atoms with E-state index in [1.165, 1.54) is 11.8 Å². The maximum Gasteiger partial charge on any atom is 0.273 e. The first-order valence-electron chi connectivity index (χ1n) is 8.01. The molecule has 0 spiro atoms. The van der Waals surface area contributed by atoms with E-state index in [2.05, 4.69) is 43.2 Å². The Morgan fingerprint density at radius 3 is 2.61 bits per heavy atom. The van der Waals surface area contributed by atoms with Crippen LogP contribution in [0, 0.1) is 5.92 Å². The number of benzene rings is 1. The van der Waals surface area contributed by atoms with Gasteiger partial charge in [-0.05, 0) is 23.8 Å². The SMILES string of the molecule is CC(C)CC(N)c1nc(C(=O)NCC(C)c2ccccc2)co1. The molecule has 2 atom stereocenters. The molecule has 2 unspecified atom stereocenters. The molecule has 0 bridgehead atoms. The minimum Gasteiger partial charge on any atom is -0.446 e. The minimum atomic E-state index is -0.278. The highest BCUT2D eigenvalue weighted by Crippen LogP contribution is 2.18. The van der Waals surface area contributed by atoms with Crippen LogP contribution in [-0.4, -0.2) is 17.4 Å². The maximum atomic E-state index is 12.2. The van der Waals surface area contributed by atoms with Gasteiger partial charge < -0.3 is 15.5 Å². The first-order chi connectivity index (χ1) is 11.0. The zero-order valence-electron chi connectivity index (χ0n) is 14.0. The summed E-state index contributed by atoms with van der Waals surface area (Å²) in [6.45, 7) is 6.79. The van der Waals surface area contributed by atoms with Crippen molar-refractivity contribution in [2.24, 2.45) is 11.7 Å². The first-order valence-corrected chi connectivity index (χ1v) is 8.01. The Bertz CT molecular complexity index is 622. The highest BCUT2D eigenvalue weighted by molar-refractivity contribution is 5.91. The average molecular weight is 315 g/mol. The second-order valence-electron chi connectivity index (χ2n) is 6.33. The summed E-state index contributed by atoms with van der Waals surface area (Å²) in [6, 6.07) is 9.79. The van der Waals surface area contributed by atoms with Crippen molar-refractivity contribution in [3.63, 3.8) is 0 Å². The van der Waals surface area contributed by atoms with E-state index in [0.29, 0.717) is 18.4 Å². The largest absolute Gasteiger partial charge is 0.446 e. The van der Waals surface area contributed by atoms with Crippen molar-refractivity contribution in [3.05, 3.63) is 53.7 Å². The van der Waals surface area contributed by atoms with Crippen LogP contribution in [0.3, 0.4) is 0 Å². The number of hydrogen-bond acceptors (Lipinski definition) is 4. The van der Waals surface area contributed by atoms with Crippen molar-refractivity contribution in [3.8, 4) is 0 Å². The summed E-state index contributed by atoms with van der Waals surface area (Å²) >= 11 is 0. The lowest BCUT2D eigenvalue weighted by molar-refractivity contribution is 0.0946. The van der Waals surface area contributed by atoms with E-state index in [4.69, 9.17) is 10.2 Å². The fourth-order valence-corrected chi connectivity index (χ4v) is 2.41. The predicted molar refractivity (Wildman–Crippen MR) is 90.1 cm³/mol. The smallest absolute Gasteiger partial charge is 0.273 e. The normalized spacial score (nSPS) is 13.8. The van der Waals surface area contributed by atoms with Gasteiger partial charge in [0, 0.05) is 6.54 Å². The lowest BCUT2D eigenvalue weighted by Gasteiger charge is -2.12. The number of amides is 1. The molecule has 2 rings (SSSR count). The molecule has 124 valence electrons. The van der Waals surface area contributed by atoms with E-state index in [-0.39, 0.29) is 23.6 Å². The van der Waals surface area contributed by atoms with Crippen molar-refractivity contribution in [2.75, 3.05) is 6.54 Å². The third kappa shape index (κ3) is 4.93. The van der Waals surface area contributed by atoms with Gasteiger partial charge >= 0.3 is 0 Å². The fourth-order valence-electron chi connectivity index (χ4n) is 2.41. The van der Waals surface area contributed by atoms with Crippen molar-refractivity contribution < 1.29 is 9.21 Å². The summed E-state index contributed by atoms with van der Waals surface area (Å²) in [5.74, 6) is 0.857. The van der Waals surface area contributed by atoms with Crippen LogP contribution in [0.5, 0.6) is 0 Å². The van der Waals surface area contributed by atoms with E-state index in [0.717, 1.165) is 6.42 Å². The van der Waals surface area contributed by atoms with Gasteiger partial charge in [0.25, 0.3) is 5.91 Å². The van der Waals surface area contributed by atoms with Crippen molar-refractivity contribution in [2.45, 2.75) is 39.2 Å². The van der Waals surface area contributed by atoms with E-state index in [9.17, 15) is 4.79 Å². The molecule has 3 N–H and O–H groups in total. The molecule has 23 heavy (non-hydrogen) atoms. The topological polar surface area (TPSA) is 81.1 Å². The highest BCUT2D eigenvalue weighted by atomic mass is 16.3. The van der Waals surface area contributed by atoms with Crippen molar-refractivity contribution in [1.29, 1.82) is 0 Å². The number of oxazole rings is 1. The molecule has 0 fully saturated rings. The minimum absolute atomic E-state index is 0.231. The maximum absolute atomic E-state index is 12.2. The number of nitrogens with two attached hydrogens (primary N) is 1. The van der Waals surface area contributed by atoms with E-state index < -0.39 is 0 Å². The highest BCUT2D eigenvalue weighted by Gasteiger charge is 2.18. The summed E-state index contributed by atoms with van der Waals surface area (Å²) in [6.07, 6.45) is 2.14. The zero-order chi connectivity index (χ0) is 16.8. The van der Waals surface area contributed by atoms with Crippen molar-refractivity contribution >= 4 is 5.91 Å². The molecule has 0 aliphatic carbocycles. The number of rotatable bonds is 7. The number of hydrogen-bond donors (Lipinski definition) is 2. The van der Waals surface area contributed by atoms with Gasteiger partial charge in [-0.1, -0.05) is 51.1 Å². The Morgan fingerprint density at radius 2 is 1.96 bits per heavy atom. The molecule has 1 amide bonds. The van der Waals surface area contributed by atoms with Crippen LogP contribution in [0.2, 0.25) is 0 Å². The molecule has 0 saturated heterocycles. The summed E-state index contributed by atoms with van der Waals surface area (Å²) in [7, 11) is 0. The Kier molecular flexibility index (Phi) is 5.93. The predicted octanol–water partition coefficient (Wildman–Crippen LogP) is 3.25. The van der Waals surface area contributed by atoms with Crippen LogP contribution in [-0.2, 0) is 0 Å². The molecule has 0 radical (unpaired) electrons. The number of carbonyl (C=O) groups excluding carboxylic acids is 1. The van der Waals surface area contributed by atoms with Gasteiger partial charge in [-0.2, -0.15) is 0 Å². The number of aromatic nitrogens is 1. The molecule has 0 aliphatic heterocycles. The average Bonchev–Trinajstić information content (AvgIpc) is 3.02. The van der Waals surface area contributed by atoms with Crippen LogP contribution >= 0.6 is 0 Å². The van der Waals surface area contributed by atoms with Gasteiger partial charge in [-0.25, -0.2) is 4.98 Å². The van der Waals surface area contributed by atoms with E-state index in [1.54, 1.807) is 0 Å². The lowest BCUT2D eigenvalue weighted by atomic mass is 10.0. The Labute approximate surface area is 137 Å². The zero-order valence-corrected chi connectivity index (χ0v) is 14.0. The van der Waals surface area contributed by atoms with Gasteiger partial charge in [-0.15, -0.1) is 0 Å². The summed E-state index contributed by atoms with van der Waals surface area (Å²) in [5.41, 5.74) is 7.48. The first kappa shape index (κ1) is 17.2. The fraction of sp³-hybridized carbons (Fsp3) is 0.444. The molecule has 1 aromatic carbocycles. The third-order valence-electron chi connectivity index (χ3n) is 3.73. The molecule has 1 heterocycles. The van der Waals surface area contributed by atoms with Gasteiger partial charge in [0.15, 0.2) is 5.69 Å². The van der Waals surface area contributed by atoms with Crippen LogP contribution in [0.1, 0.15) is 61.1 Å². The van der Waals surface area contributed by atoms with E-state index in [1.807, 2.05) is 18.2 Å².